The average molecular weight is 504 g/mol. The van der Waals surface area contributed by atoms with E-state index in [1.54, 1.807) is 53.0 Å². The van der Waals surface area contributed by atoms with Crippen molar-refractivity contribution >= 4 is 23.7 Å². The highest BCUT2D eigenvalue weighted by Crippen LogP contribution is 2.36. The van der Waals surface area contributed by atoms with Gasteiger partial charge < -0.3 is 10.1 Å². The van der Waals surface area contributed by atoms with E-state index in [-0.39, 0.29) is 5.50 Å². The highest BCUT2D eigenvalue weighted by atomic mass is 32.2. The molecule has 1 aliphatic rings. The number of halogens is 1. The highest BCUT2D eigenvalue weighted by Gasteiger charge is 2.16. The zero-order valence-corrected chi connectivity index (χ0v) is 20.0. The Hall–Kier alpha value is -3.85. The number of pyridine rings is 2. The topological polar surface area (TPSA) is 101 Å². The predicted molar refractivity (Wildman–Crippen MR) is 134 cm³/mol. The van der Waals surface area contributed by atoms with Crippen LogP contribution in [-0.2, 0) is 7.05 Å². The van der Waals surface area contributed by atoms with Crippen LogP contribution in [0.3, 0.4) is 0 Å². The molecule has 0 saturated heterocycles. The maximum atomic E-state index is 13.3. The van der Waals surface area contributed by atoms with Gasteiger partial charge >= 0.3 is 0 Å². The van der Waals surface area contributed by atoms with E-state index in [0.717, 1.165) is 10.5 Å². The van der Waals surface area contributed by atoms with Gasteiger partial charge in [-0.1, -0.05) is 11.8 Å². The van der Waals surface area contributed by atoms with Gasteiger partial charge in [-0.3, -0.25) is 4.68 Å². The molecule has 4 aromatic rings. The largest absolute Gasteiger partial charge is 0.454 e. The summed E-state index contributed by atoms with van der Waals surface area (Å²) in [7, 11) is 1.81. The number of thioether (sulfide) groups is 1. The van der Waals surface area contributed by atoms with Crippen LogP contribution in [0.5, 0.6) is 11.5 Å². The third kappa shape index (κ3) is 5.30. The van der Waals surface area contributed by atoms with Gasteiger partial charge in [0.2, 0.25) is 5.95 Å². The summed E-state index contributed by atoms with van der Waals surface area (Å²) in [6.45, 7) is 0. The first-order chi connectivity index (χ1) is 17.1. The number of hydrogen-bond acceptors (Lipinski definition) is 9. The molecule has 35 heavy (non-hydrogen) atoms. The SMILES string of the molecule is Cn1cc(-c2nc(-c3ccc(F)nc3)ccc2Oc2ccc(SNC3NC=CS3)cc2C#N)cn1. The quantitative estimate of drug-likeness (QED) is 0.265. The Morgan fingerprint density at radius 2 is 2.06 bits per heavy atom. The van der Waals surface area contributed by atoms with Gasteiger partial charge in [-0.05, 0) is 59.8 Å². The van der Waals surface area contributed by atoms with Gasteiger partial charge in [0.25, 0.3) is 0 Å². The Morgan fingerprint density at radius 1 is 1.17 bits per heavy atom. The monoisotopic (exact) mass is 503 g/mol. The zero-order chi connectivity index (χ0) is 24.2. The van der Waals surface area contributed by atoms with E-state index in [0.29, 0.717) is 34.0 Å². The van der Waals surface area contributed by atoms with Crippen molar-refractivity contribution in [2.45, 2.75) is 10.4 Å². The summed E-state index contributed by atoms with van der Waals surface area (Å²) in [4.78, 5) is 9.35. The zero-order valence-electron chi connectivity index (χ0n) is 18.3. The fourth-order valence-electron chi connectivity index (χ4n) is 3.30. The van der Waals surface area contributed by atoms with Crippen LogP contribution in [0.15, 0.2) is 77.6 Å². The maximum Gasteiger partial charge on any atom is 0.212 e. The van der Waals surface area contributed by atoms with Gasteiger partial charge in [-0.2, -0.15) is 14.8 Å². The Labute approximate surface area is 209 Å². The lowest BCUT2D eigenvalue weighted by Crippen LogP contribution is -2.28. The van der Waals surface area contributed by atoms with Gasteiger partial charge in [0.05, 0.1) is 17.5 Å². The molecule has 1 aromatic carbocycles. The Kier molecular flexibility index (Phi) is 6.67. The minimum Gasteiger partial charge on any atom is -0.454 e. The summed E-state index contributed by atoms with van der Waals surface area (Å²) in [5, 5.41) is 19.1. The van der Waals surface area contributed by atoms with Crippen LogP contribution in [0.25, 0.3) is 22.5 Å². The summed E-state index contributed by atoms with van der Waals surface area (Å²) >= 11 is 3.06. The fraction of sp³-hybridized carbons (Fsp3) is 0.0833. The number of nitrogens with one attached hydrogen (secondary N) is 2. The summed E-state index contributed by atoms with van der Waals surface area (Å²) in [5.41, 5.74) is 3.02. The van der Waals surface area contributed by atoms with E-state index in [1.807, 2.05) is 30.9 Å². The van der Waals surface area contributed by atoms with Crippen molar-refractivity contribution < 1.29 is 9.13 Å². The number of nitriles is 1. The van der Waals surface area contributed by atoms with Crippen molar-refractivity contribution in [3.05, 3.63) is 84.2 Å². The maximum absolute atomic E-state index is 13.3. The number of hydrogen-bond donors (Lipinski definition) is 2. The second kappa shape index (κ2) is 10.2. The molecule has 5 rings (SSSR count). The van der Waals surface area contributed by atoms with Crippen LogP contribution in [0, 0.1) is 17.3 Å². The van der Waals surface area contributed by atoms with Crippen LogP contribution in [0.4, 0.5) is 4.39 Å². The number of rotatable bonds is 7. The van der Waals surface area contributed by atoms with Gasteiger partial charge in [0.1, 0.15) is 23.0 Å². The molecule has 2 N–H and O–H groups in total. The molecule has 0 aliphatic carbocycles. The van der Waals surface area contributed by atoms with Crippen LogP contribution in [0.1, 0.15) is 5.56 Å². The van der Waals surface area contributed by atoms with Crippen molar-refractivity contribution in [1.29, 1.82) is 5.26 Å². The molecule has 0 amide bonds. The Bertz CT molecular complexity index is 1420. The molecule has 174 valence electrons. The Morgan fingerprint density at radius 3 is 2.77 bits per heavy atom. The third-order valence-corrected chi connectivity index (χ3v) is 6.78. The van der Waals surface area contributed by atoms with Crippen LogP contribution < -0.4 is 14.8 Å². The number of aryl methyl sites for hydroxylation is 1. The van der Waals surface area contributed by atoms with Gasteiger partial charge in [-0.25, -0.2) is 14.7 Å². The lowest BCUT2D eigenvalue weighted by atomic mass is 10.1. The van der Waals surface area contributed by atoms with Crippen molar-refractivity contribution in [2.24, 2.45) is 7.05 Å². The number of ether oxygens (including phenoxy) is 1. The summed E-state index contributed by atoms with van der Waals surface area (Å²) in [5.74, 6) is 0.316. The second-order valence-corrected chi connectivity index (χ2v) is 9.32. The standard InChI is InChI=1S/C24H18FN7OS2/c1-32-14-17(13-29-32)23-21(6-4-19(30-23)15-2-7-22(25)28-12-15)33-20-5-3-18(10-16(20)11-26)35-31-24-27-8-9-34-24/h2-10,12-14,24,27,31H,1H3. The summed E-state index contributed by atoms with van der Waals surface area (Å²) < 4.78 is 24.4. The highest BCUT2D eigenvalue weighted by molar-refractivity contribution is 8.04. The first kappa shape index (κ1) is 22.9. The molecule has 8 nitrogen and oxygen atoms in total. The fourth-order valence-corrected chi connectivity index (χ4v) is 4.76. The van der Waals surface area contributed by atoms with E-state index >= 15 is 0 Å². The van der Waals surface area contributed by atoms with E-state index in [9.17, 15) is 9.65 Å². The molecule has 11 heteroatoms. The number of benzene rings is 1. The van der Waals surface area contributed by atoms with E-state index in [4.69, 9.17) is 9.72 Å². The minimum absolute atomic E-state index is 0.0735. The number of aromatic nitrogens is 4. The smallest absolute Gasteiger partial charge is 0.212 e. The molecule has 0 bridgehead atoms. The van der Waals surface area contributed by atoms with Crippen LogP contribution in [0.2, 0.25) is 0 Å². The van der Waals surface area contributed by atoms with Crippen molar-refractivity contribution in [3.63, 3.8) is 0 Å². The summed E-state index contributed by atoms with van der Waals surface area (Å²) in [6.07, 6.45) is 6.82. The molecule has 1 atom stereocenters. The molecule has 4 heterocycles. The average Bonchev–Trinajstić information content (AvgIpc) is 3.56. The third-order valence-electron chi connectivity index (χ3n) is 4.97. The molecule has 1 aliphatic heterocycles. The number of nitrogens with zero attached hydrogens (tertiary/aromatic N) is 5. The van der Waals surface area contributed by atoms with E-state index in [1.165, 1.54) is 24.2 Å². The summed E-state index contributed by atoms with van der Waals surface area (Å²) in [6, 6.07) is 14.1. The lowest BCUT2D eigenvalue weighted by Gasteiger charge is -2.14. The van der Waals surface area contributed by atoms with Gasteiger partial charge in [-0.15, -0.1) is 0 Å². The molecule has 0 fully saturated rings. The molecular weight excluding hydrogens is 485 g/mol. The molecule has 0 saturated carbocycles. The minimum atomic E-state index is -0.558. The first-order valence-corrected chi connectivity index (χ1v) is 12.2. The van der Waals surface area contributed by atoms with Gasteiger partial charge in [0, 0.05) is 41.7 Å². The normalized spacial score (nSPS) is 14.5. The van der Waals surface area contributed by atoms with Crippen molar-refractivity contribution in [3.8, 4) is 40.1 Å². The lowest BCUT2D eigenvalue weighted by molar-refractivity contribution is 0.480. The van der Waals surface area contributed by atoms with Crippen LogP contribution in [-0.4, -0.2) is 25.2 Å². The van der Waals surface area contributed by atoms with E-state index < -0.39 is 5.95 Å². The molecule has 0 spiro atoms. The van der Waals surface area contributed by atoms with Crippen molar-refractivity contribution in [1.82, 2.24) is 29.8 Å². The molecule has 3 aromatic heterocycles. The molecule has 1 unspecified atom stereocenters. The van der Waals surface area contributed by atoms with Gasteiger partial charge in [0.15, 0.2) is 5.75 Å². The van der Waals surface area contributed by atoms with Crippen molar-refractivity contribution in [2.75, 3.05) is 0 Å². The van der Waals surface area contributed by atoms with E-state index in [2.05, 4.69) is 26.2 Å². The first-order valence-electron chi connectivity index (χ1n) is 10.4. The Balaban J connectivity index is 1.44. The molecular formula is C24H18FN7OS2. The predicted octanol–water partition coefficient (Wildman–Crippen LogP) is 5.04. The second-order valence-electron chi connectivity index (χ2n) is 7.39. The molecule has 0 radical (unpaired) electrons. The van der Waals surface area contributed by atoms with Crippen LogP contribution >= 0.6 is 23.7 Å².